The van der Waals surface area contributed by atoms with E-state index in [1.54, 1.807) is 0 Å². The summed E-state index contributed by atoms with van der Waals surface area (Å²) in [6.07, 6.45) is 1.44. The minimum absolute atomic E-state index is 0.140. The summed E-state index contributed by atoms with van der Waals surface area (Å²) in [5.41, 5.74) is 1.88. The smallest absolute Gasteiger partial charge is 0.305 e. The zero-order chi connectivity index (χ0) is 13.8. The van der Waals surface area contributed by atoms with Crippen LogP contribution in [-0.4, -0.2) is 31.6 Å². The van der Waals surface area contributed by atoms with Gasteiger partial charge in [0.2, 0.25) is 0 Å². The molecule has 0 aromatic heterocycles. The zero-order valence-electron chi connectivity index (χ0n) is 11.3. The highest BCUT2D eigenvalue weighted by Gasteiger charge is 2.31. The SMILES string of the molecule is COC(=O)C[C@H]1C[C@H](c2ccc(C#N)cc2)N(C)C1. The van der Waals surface area contributed by atoms with Crippen LogP contribution < -0.4 is 0 Å². The van der Waals surface area contributed by atoms with Crippen LogP contribution in [0.5, 0.6) is 0 Å². The lowest BCUT2D eigenvalue weighted by molar-refractivity contribution is -0.141. The van der Waals surface area contributed by atoms with Crippen LogP contribution >= 0.6 is 0 Å². The Bertz CT molecular complexity index is 490. The summed E-state index contributed by atoms with van der Waals surface area (Å²) in [6, 6.07) is 10.1. The lowest BCUT2D eigenvalue weighted by Gasteiger charge is -2.19. The number of esters is 1. The molecular weight excluding hydrogens is 240 g/mol. The van der Waals surface area contributed by atoms with Crippen molar-refractivity contribution < 1.29 is 9.53 Å². The van der Waals surface area contributed by atoms with E-state index in [0.29, 0.717) is 23.9 Å². The maximum absolute atomic E-state index is 11.3. The van der Waals surface area contributed by atoms with Gasteiger partial charge in [-0.2, -0.15) is 5.26 Å². The molecule has 4 nitrogen and oxygen atoms in total. The second-order valence-corrected chi connectivity index (χ2v) is 5.07. The average molecular weight is 258 g/mol. The van der Waals surface area contributed by atoms with Gasteiger partial charge in [0.05, 0.1) is 18.7 Å². The molecule has 0 unspecified atom stereocenters. The first-order valence-corrected chi connectivity index (χ1v) is 6.41. The van der Waals surface area contributed by atoms with Gasteiger partial charge in [-0.3, -0.25) is 9.69 Å². The fourth-order valence-corrected chi connectivity index (χ4v) is 2.74. The molecule has 1 aliphatic heterocycles. The number of carbonyl (C=O) groups excluding carboxylic acids is 1. The third-order valence-corrected chi connectivity index (χ3v) is 3.74. The number of hydrogen-bond acceptors (Lipinski definition) is 4. The van der Waals surface area contributed by atoms with Crippen LogP contribution in [-0.2, 0) is 9.53 Å². The van der Waals surface area contributed by atoms with E-state index >= 15 is 0 Å². The van der Waals surface area contributed by atoms with Crippen molar-refractivity contribution in [1.29, 1.82) is 5.26 Å². The molecule has 0 aliphatic carbocycles. The van der Waals surface area contributed by atoms with Crippen molar-refractivity contribution in [3.8, 4) is 6.07 Å². The first-order chi connectivity index (χ1) is 9.13. The number of carbonyl (C=O) groups is 1. The molecule has 0 amide bonds. The summed E-state index contributed by atoms with van der Waals surface area (Å²) in [5.74, 6) is 0.206. The van der Waals surface area contributed by atoms with Crippen LogP contribution in [0.25, 0.3) is 0 Å². The van der Waals surface area contributed by atoms with Gasteiger partial charge < -0.3 is 4.74 Å². The van der Waals surface area contributed by atoms with Gasteiger partial charge in [0.15, 0.2) is 0 Å². The van der Waals surface area contributed by atoms with E-state index in [-0.39, 0.29) is 5.97 Å². The number of methoxy groups -OCH3 is 1. The quantitative estimate of drug-likeness (QED) is 0.779. The number of benzene rings is 1. The Morgan fingerprint density at radius 3 is 2.74 bits per heavy atom. The molecule has 4 heteroatoms. The first kappa shape index (κ1) is 13.6. The normalized spacial score (nSPS) is 23.0. The third kappa shape index (κ3) is 3.12. The van der Waals surface area contributed by atoms with E-state index in [1.807, 2.05) is 24.3 Å². The van der Waals surface area contributed by atoms with Crippen molar-refractivity contribution in [2.45, 2.75) is 18.9 Å². The molecule has 1 aromatic carbocycles. The summed E-state index contributed by atoms with van der Waals surface area (Å²) in [5, 5.41) is 8.80. The first-order valence-electron chi connectivity index (χ1n) is 6.41. The molecule has 0 N–H and O–H groups in total. The Morgan fingerprint density at radius 2 is 2.16 bits per heavy atom. The fourth-order valence-electron chi connectivity index (χ4n) is 2.74. The fraction of sp³-hybridized carbons (Fsp3) is 0.467. The second-order valence-electron chi connectivity index (χ2n) is 5.07. The Morgan fingerprint density at radius 1 is 1.47 bits per heavy atom. The van der Waals surface area contributed by atoms with Crippen LogP contribution in [0.4, 0.5) is 0 Å². The van der Waals surface area contributed by atoms with Gasteiger partial charge in [-0.25, -0.2) is 0 Å². The van der Waals surface area contributed by atoms with Crippen LogP contribution in [0.1, 0.15) is 30.0 Å². The van der Waals surface area contributed by atoms with Crippen molar-refractivity contribution in [1.82, 2.24) is 4.90 Å². The van der Waals surface area contributed by atoms with Crippen LogP contribution in [0.2, 0.25) is 0 Å². The van der Waals surface area contributed by atoms with Crippen molar-refractivity contribution in [3.05, 3.63) is 35.4 Å². The van der Waals surface area contributed by atoms with E-state index in [0.717, 1.165) is 13.0 Å². The molecule has 1 fully saturated rings. The molecule has 0 radical (unpaired) electrons. The summed E-state index contributed by atoms with van der Waals surface area (Å²) in [4.78, 5) is 13.6. The van der Waals surface area contributed by atoms with E-state index < -0.39 is 0 Å². The molecule has 2 rings (SSSR count). The number of nitriles is 1. The van der Waals surface area contributed by atoms with Crippen molar-refractivity contribution in [3.63, 3.8) is 0 Å². The highest BCUT2D eigenvalue weighted by atomic mass is 16.5. The third-order valence-electron chi connectivity index (χ3n) is 3.74. The molecular formula is C15H18N2O2. The molecule has 19 heavy (non-hydrogen) atoms. The van der Waals surface area contributed by atoms with E-state index in [2.05, 4.69) is 18.0 Å². The standard InChI is InChI=1S/C15H18N2O2/c1-17-10-12(8-15(18)19-2)7-14(17)13-5-3-11(9-16)4-6-13/h3-6,12,14H,7-8,10H2,1-2H3/t12-,14-/m1/s1. The Kier molecular flexibility index (Phi) is 4.18. The number of rotatable bonds is 3. The summed E-state index contributed by atoms with van der Waals surface area (Å²) >= 11 is 0. The lowest BCUT2D eigenvalue weighted by atomic mass is 9.97. The summed E-state index contributed by atoms with van der Waals surface area (Å²) < 4.78 is 4.73. The van der Waals surface area contributed by atoms with Crippen LogP contribution in [0, 0.1) is 17.2 Å². The average Bonchev–Trinajstić information content (AvgIpc) is 2.79. The van der Waals surface area contributed by atoms with Crippen molar-refractivity contribution >= 4 is 5.97 Å². The Hall–Kier alpha value is -1.86. The predicted octanol–water partition coefficient (Wildman–Crippen LogP) is 2.11. The van der Waals surface area contributed by atoms with Gasteiger partial charge in [-0.05, 0) is 37.1 Å². The van der Waals surface area contributed by atoms with Crippen LogP contribution in [0.3, 0.4) is 0 Å². The van der Waals surface area contributed by atoms with Gasteiger partial charge in [0.25, 0.3) is 0 Å². The highest BCUT2D eigenvalue weighted by Crippen LogP contribution is 2.35. The minimum Gasteiger partial charge on any atom is -0.469 e. The Balaban J connectivity index is 2.04. The minimum atomic E-state index is -0.140. The van der Waals surface area contributed by atoms with Gasteiger partial charge in [0, 0.05) is 19.0 Å². The largest absolute Gasteiger partial charge is 0.469 e. The molecule has 0 bridgehead atoms. The monoisotopic (exact) mass is 258 g/mol. The van der Waals surface area contributed by atoms with E-state index in [1.165, 1.54) is 12.7 Å². The Labute approximate surface area is 113 Å². The zero-order valence-corrected chi connectivity index (χ0v) is 11.3. The van der Waals surface area contributed by atoms with Crippen LogP contribution in [0.15, 0.2) is 24.3 Å². The highest BCUT2D eigenvalue weighted by molar-refractivity contribution is 5.69. The molecule has 100 valence electrons. The molecule has 1 saturated heterocycles. The molecule has 1 aliphatic rings. The maximum Gasteiger partial charge on any atom is 0.305 e. The van der Waals surface area contributed by atoms with Gasteiger partial charge in [-0.1, -0.05) is 12.1 Å². The molecule has 0 spiro atoms. The molecule has 2 atom stereocenters. The van der Waals surface area contributed by atoms with Gasteiger partial charge in [0.1, 0.15) is 0 Å². The number of nitrogens with zero attached hydrogens (tertiary/aromatic N) is 2. The van der Waals surface area contributed by atoms with E-state index in [9.17, 15) is 4.79 Å². The van der Waals surface area contributed by atoms with Crippen molar-refractivity contribution in [2.24, 2.45) is 5.92 Å². The van der Waals surface area contributed by atoms with E-state index in [4.69, 9.17) is 10.00 Å². The van der Waals surface area contributed by atoms with Gasteiger partial charge in [-0.15, -0.1) is 0 Å². The molecule has 1 aromatic rings. The van der Waals surface area contributed by atoms with Gasteiger partial charge >= 0.3 is 5.97 Å². The molecule has 1 heterocycles. The number of likely N-dealkylation sites (tertiary alicyclic amines) is 1. The second kappa shape index (κ2) is 5.85. The van der Waals surface area contributed by atoms with Crippen molar-refractivity contribution in [2.75, 3.05) is 20.7 Å². The predicted molar refractivity (Wildman–Crippen MR) is 71.3 cm³/mol. The molecule has 0 saturated carbocycles. The summed E-state index contributed by atoms with van der Waals surface area (Å²) in [6.45, 7) is 0.903. The topological polar surface area (TPSA) is 53.3 Å². The summed E-state index contributed by atoms with van der Waals surface area (Å²) in [7, 11) is 3.50. The number of ether oxygens (including phenoxy) is 1. The number of hydrogen-bond donors (Lipinski definition) is 0. The lowest BCUT2D eigenvalue weighted by Crippen LogP contribution is -2.19. The maximum atomic E-state index is 11.3.